The zero-order valence-corrected chi connectivity index (χ0v) is 12.1. The zero-order valence-electron chi connectivity index (χ0n) is 9.72. The fourth-order valence-electron chi connectivity index (χ4n) is 1.23. The van der Waals surface area contributed by atoms with Gasteiger partial charge in [-0.25, -0.2) is 0 Å². The summed E-state index contributed by atoms with van der Waals surface area (Å²) in [5, 5.41) is 2.41. The Morgan fingerprint density at radius 1 is 1.47 bits per heavy atom. The molecule has 19 heavy (non-hydrogen) atoms. The molecule has 0 heterocycles. The Morgan fingerprint density at radius 2 is 2.05 bits per heavy atom. The van der Waals surface area contributed by atoms with Crippen molar-refractivity contribution in [3.8, 4) is 0 Å². The summed E-state index contributed by atoms with van der Waals surface area (Å²) in [4.78, 5) is 11.8. The van der Waals surface area contributed by atoms with Crippen molar-refractivity contribution in [3.63, 3.8) is 0 Å². The van der Waals surface area contributed by atoms with Gasteiger partial charge in [0, 0.05) is 10.0 Å². The molecule has 104 valence electrons. The highest BCUT2D eigenvalue weighted by molar-refractivity contribution is 9.10. The SMILES string of the molecule is CC(NC(=O)c1ccc(Br)c(C(F)(F)F)c1)C(N)=S. The van der Waals surface area contributed by atoms with Crippen molar-refractivity contribution < 1.29 is 18.0 Å². The van der Waals surface area contributed by atoms with Crippen molar-refractivity contribution in [2.24, 2.45) is 5.73 Å². The van der Waals surface area contributed by atoms with Gasteiger partial charge >= 0.3 is 6.18 Å². The van der Waals surface area contributed by atoms with Gasteiger partial charge in [-0.2, -0.15) is 13.2 Å². The monoisotopic (exact) mass is 354 g/mol. The number of amides is 1. The Balaban J connectivity index is 3.03. The highest BCUT2D eigenvalue weighted by Crippen LogP contribution is 2.35. The van der Waals surface area contributed by atoms with Crippen molar-refractivity contribution in [1.82, 2.24) is 5.32 Å². The van der Waals surface area contributed by atoms with Gasteiger partial charge in [-0.05, 0) is 25.1 Å². The van der Waals surface area contributed by atoms with Gasteiger partial charge < -0.3 is 11.1 Å². The molecule has 0 fully saturated rings. The first-order valence-corrected chi connectivity index (χ1v) is 6.30. The maximum atomic E-state index is 12.7. The van der Waals surface area contributed by atoms with Crippen molar-refractivity contribution in [3.05, 3.63) is 33.8 Å². The van der Waals surface area contributed by atoms with Crippen LogP contribution in [-0.4, -0.2) is 16.9 Å². The van der Waals surface area contributed by atoms with E-state index in [-0.39, 0.29) is 15.0 Å². The summed E-state index contributed by atoms with van der Waals surface area (Å²) in [5.74, 6) is -0.668. The second-order valence-corrected chi connectivity index (χ2v) is 5.12. The standard InChI is InChI=1S/C11H10BrF3N2OS/c1-5(9(16)19)17-10(18)6-2-3-8(12)7(4-6)11(13,14)15/h2-5H,1H3,(H2,16,19)(H,17,18). The van der Waals surface area contributed by atoms with Gasteiger partial charge in [0.1, 0.15) is 0 Å². The first kappa shape index (κ1) is 15.9. The minimum atomic E-state index is -4.54. The highest BCUT2D eigenvalue weighted by Gasteiger charge is 2.33. The van der Waals surface area contributed by atoms with Gasteiger partial charge in [-0.15, -0.1) is 0 Å². The Bertz CT molecular complexity index is 519. The average Bonchev–Trinajstić information content (AvgIpc) is 2.27. The molecule has 0 bridgehead atoms. The van der Waals surface area contributed by atoms with E-state index in [1.54, 1.807) is 6.92 Å². The zero-order chi connectivity index (χ0) is 14.8. The number of nitrogens with one attached hydrogen (secondary N) is 1. The van der Waals surface area contributed by atoms with Crippen LogP contribution in [0.3, 0.4) is 0 Å². The van der Waals surface area contributed by atoms with Gasteiger partial charge in [-0.1, -0.05) is 28.1 Å². The largest absolute Gasteiger partial charge is 0.417 e. The molecular formula is C11H10BrF3N2OS. The van der Waals surface area contributed by atoms with Crippen molar-refractivity contribution in [1.29, 1.82) is 0 Å². The van der Waals surface area contributed by atoms with Crippen LogP contribution in [0.5, 0.6) is 0 Å². The summed E-state index contributed by atoms with van der Waals surface area (Å²) in [6, 6.07) is 2.62. The van der Waals surface area contributed by atoms with Crippen LogP contribution in [0.4, 0.5) is 13.2 Å². The van der Waals surface area contributed by atoms with Crippen molar-refractivity contribution in [2.75, 3.05) is 0 Å². The van der Waals surface area contributed by atoms with E-state index in [2.05, 4.69) is 33.5 Å². The van der Waals surface area contributed by atoms with Crippen LogP contribution in [0.25, 0.3) is 0 Å². The van der Waals surface area contributed by atoms with Gasteiger partial charge in [0.05, 0.1) is 16.6 Å². The van der Waals surface area contributed by atoms with Crippen LogP contribution in [0, 0.1) is 0 Å². The van der Waals surface area contributed by atoms with E-state index in [1.807, 2.05) is 0 Å². The Kier molecular flexibility index (Phi) is 4.92. The predicted molar refractivity (Wildman–Crippen MR) is 72.9 cm³/mol. The molecule has 0 aliphatic heterocycles. The number of carbonyl (C=O) groups is 1. The number of alkyl halides is 3. The molecule has 3 N–H and O–H groups in total. The molecule has 0 aliphatic carbocycles. The summed E-state index contributed by atoms with van der Waals surface area (Å²) >= 11 is 7.46. The number of carbonyl (C=O) groups excluding carboxylic acids is 1. The molecule has 1 rings (SSSR count). The van der Waals surface area contributed by atoms with Crippen LogP contribution in [0.1, 0.15) is 22.8 Å². The number of rotatable bonds is 3. The fraction of sp³-hybridized carbons (Fsp3) is 0.273. The molecule has 0 saturated carbocycles. The van der Waals surface area contributed by atoms with E-state index >= 15 is 0 Å². The number of hydrogen-bond donors (Lipinski definition) is 2. The molecule has 0 spiro atoms. The first-order valence-electron chi connectivity index (χ1n) is 5.10. The maximum Gasteiger partial charge on any atom is 0.417 e. The van der Waals surface area contributed by atoms with E-state index in [4.69, 9.17) is 5.73 Å². The van der Waals surface area contributed by atoms with Crippen LogP contribution in [-0.2, 0) is 6.18 Å². The molecule has 1 aromatic rings. The Hall–Kier alpha value is -1.15. The highest BCUT2D eigenvalue weighted by atomic mass is 79.9. The molecule has 1 atom stereocenters. The Labute approximate surface area is 121 Å². The number of benzene rings is 1. The predicted octanol–water partition coefficient (Wildman–Crippen LogP) is 2.87. The van der Waals surface area contributed by atoms with Gasteiger partial charge in [0.2, 0.25) is 0 Å². The molecule has 0 aromatic heterocycles. The number of thiocarbonyl (C=S) groups is 1. The third-order valence-corrected chi connectivity index (χ3v) is 3.35. The van der Waals surface area contributed by atoms with Crippen LogP contribution < -0.4 is 11.1 Å². The molecule has 8 heteroatoms. The quantitative estimate of drug-likeness (QED) is 0.820. The lowest BCUT2D eigenvalue weighted by molar-refractivity contribution is -0.138. The minimum Gasteiger partial charge on any atom is -0.392 e. The summed E-state index contributed by atoms with van der Waals surface area (Å²) < 4.78 is 37.9. The van der Waals surface area contributed by atoms with E-state index in [9.17, 15) is 18.0 Å². The van der Waals surface area contributed by atoms with Gasteiger partial charge in [0.25, 0.3) is 5.91 Å². The topological polar surface area (TPSA) is 55.1 Å². The summed E-state index contributed by atoms with van der Waals surface area (Å²) in [7, 11) is 0. The van der Waals surface area contributed by atoms with E-state index in [0.29, 0.717) is 0 Å². The summed E-state index contributed by atoms with van der Waals surface area (Å²) in [5.41, 5.74) is 4.29. The van der Waals surface area contributed by atoms with Crippen LogP contribution in [0.15, 0.2) is 22.7 Å². The normalized spacial score (nSPS) is 12.9. The van der Waals surface area contributed by atoms with Crippen LogP contribution >= 0.6 is 28.1 Å². The smallest absolute Gasteiger partial charge is 0.392 e. The third-order valence-electron chi connectivity index (χ3n) is 2.31. The first-order chi connectivity index (χ1) is 8.62. The lowest BCUT2D eigenvalue weighted by Crippen LogP contribution is -2.41. The molecule has 0 saturated heterocycles. The fourth-order valence-corrected chi connectivity index (χ4v) is 1.77. The lowest BCUT2D eigenvalue weighted by Gasteiger charge is -2.14. The van der Waals surface area contributed by atoms with E-state index in [0.717, 1.165) is 6.07 Å². The second kappa shape index (κ2) is 5.87. The summed E-state index contributed by atoms with van der Waals surface area (Å²) in [6.45, 7) is 1.55. The molecule has 1 aromatic carbocycles. The molecule has 3 nitrogen and oxygen atoms in total. The molecule has 1 unspecified atom stereocenters. The van der Waals surface area contributed by atoms with E-state index in [1.165, 1.54) is 12.1 Å². The minimum absolute atomic E-state index is 0.0570. The van der Waals surface area contributed by atoms with E-state index < -0.39 is 23.7 Å². The molecule has 1 amide bonds. The summed E-state index contributed by atoms with van der Waals surface area (Å²) in [6.07, 6.45) is -4.54. The number of halogens is 4. The number of hydrogen-bond acceptors (Lipinski definition) is 2. The number of nitrogens with two attached hydrogens (primary N) is 1. The molecule has 0 radical (unpaired) electrons. The maximum absolute atomic E-state index is 12.7. The van der Waals surface area contributed by atoms with Gasteiger partial charge in [0.15, 0.2) is 0 Å². The van der Waals surface area contributed by atoms with Crippen molar-refractivity contribution in [2.45, 2.75) is 19.1 Å². The third kappa shape index (κ3) is 4.17. The lowest BCUT2D eigenvalue weighted by atomic mass is 10.1. The van der Waals surface area contributed by atoms with Gasteiger partial charge in [-0.3, -0.25) is 4.79 Å². The Morgan fingerprint density at radius 3 is 2.53 bits per heavy atom. The second-order valence-electron chi connectivity index (χ2n) is 3.79. The van der Waals surface area contributed by atoms with Crippen molar-refractivity contribution >= 4 is 39.0 Å². The van der Waals surface area contributed by atoms with Crippen LogP contribution in [0.2, 0.25) is 0 Å². The molecular weight excluding hydrogens is 345 g/mol. The molecule has 0 aliphatic rings. The average molecular weight is 355 g/mol.